The zero-order valence-corrected chi connectivity index (χ0v) is 22.6. The van der Waals surface area contributed by atoms with Crippen molar-refractivity contribution < 1.29 is 23.1 Å². The lowest BCUT2D eigenvalue weighted by atomic mass is 9.99. The van der Waals surface area contributed by atoms with Gasteiger partial charge in [0.2, 0.25) is 10.0 Å². The molecule has 1 heterocycles. The number of anilines is 1. The average Bonchev–Trinajstić information content (AvgIpc) is 3.31. The summed E-state index contributed by atoms with van der Waals surface area (Å²) in [6.45, 7) is 1.75. The maximum atomic E-state index is 13.3. The van der Waals surface area contributed by atoms with Crippen LogP contribution in [0.1, 0.15) is 23.7 Å². The number of hydrogen-bond acceptors (Lipinski definition) is 8. The first kappa shape index (κ1) is 26.8. The number of aromatic hydroxyl groups is 1. The Morgan fingerprint density at radius 3 is 2.60 bits per heavy atom. The number of phenolic OH excluding ortho intramolecular Hbond substituents is 1. The molecule has 5 rings (SSSR count). The number of benzene rings is 3. The van der Waals surface area contributed by atoms with Crippen LogP contribution in [0.25, 0.3) is 21.8 Å². The van der Waals surface area contributed by atoms with Crippen molar-refractivity contribution in [3.05, 3.63) is 87.0 Å². The molecule has 3 aromatic carbocycles. The number of hydrogen-bond donors (Lipinski definition) is 5. The Bertz CT molecular complexity index is 1920. The zero-order valence-electron chi connectivity index (χ0n) is 21.8. The number of aromatic amines is 2. The van der Waals surface area contributed by atoms with Crippen molar-refractivity contribution in [3.8, 4) is 5.75 Å². The van der Waals surface area contributed by atoms with Crippen molar-refractivity contribution in [2.24, 2.45) is 16.1 Å². The second kappa shape index (κ2) is 10.4. The molecule has 0 spiro atoms. The summed E-state index contributed by atoms with van der Waals surface area (Å²) in [6, 6.07) is 13.5. The van der Waals surface area contributed by atoms with E-state index in [4.69, 9.17) is 4.74 Å². The Kier molecular flexibility index (Phi) is 7.00. The van der Waals surface area contributed by atoms with E-state index in [0.717, 1.165) is 0 Å². The number of methoxy groups -OCH3 is 1. The van der Waals surface area contributed by atoms with E-state index in [9.17, 15) is 23.1 Å². The van der Waals surface area contributed by atoms with Gasteiger partial charge in [-0.2, -0.15) is 5.11 Å². The lowest BCUT2D eigenvalue weighted by Gasteiger charge is -2.22. The van der Waals surface area contributed by atoms with Gasteiger partial charge in [-0.3, -0.25) is 4.79 Å². The molecule has 40 heavy (non-hydrogen) atoms. The van der Waals surface area contributed by atoms with Crippen LogP contribution < -0.4 is 15.7 Å². The van der Waals surface area contributed by atoms with Crippen LogP contribution >= 0.6 is 0 Å². The highest BCUT2D eigenvalue weighted by molar-refractivity contribution is 7.93. The van der Waals surface area contributed by atoms with Gasteiger partial charge in [0.25, 0.3) is 5.91 Å². The number of fused-ring (bicyclic) bond motifs is 2. The van der Waals surface area contributed by atoms with Gasteiger partial charge in [0.05, 0.1) is 28.6 Å². The van der Waals surface area contributed by atoms with Crippen LogP contribution in [-0.4, -0.2) is 43.6 Å². The molecule has 1 aliphatic carbocycles. The Morgan fingerprint density at radius 1 is 1.10 bits per heavy atom. The zero-order chi connectivity index (χ0) is 28.6. The Balaban J connectivity index is 1.54. The molecular weight excluding hydrogens is 536 g/mol. The minimum absolute atomic E-state index is 0.0319. The first-order chi connectivity index (χ1) is 19.1. The standard InChI is InChI=1S/C27H26N6O6S/c1-14-10-21(22(39-3)13-23(14)40(37,38)28-2)32-33-24-17-7-5-4-6-15(17)11-18(25(24)34)26(35)29-16-8-9-19-20(12-16)31-27(36)30-19/h4-9,11-14,28,34H,10H2,1-3H3,(H,29,35)(H2,30,31,36). The van der Waals surface area contributed by atoms with Crippen LogP contribution in [0.3, 0.4) is 0 Å². The number of carbonyl (C=O) groups excluding carboxylic acids is 1. The van der Waals surface area contributed by atoms with E-state index in [1.165, 1.54) is 20.2 Å². The number of amides is 1. The molecule has 12 nitrogen and oxygen atoms in total. The minimum atomic E-state index is -3.67. The van der Waals surface area contributed by atoms with Crippen molar-refractivity contribution in [1.82, 2.24) is 14.7 Å². The highest BCUT2D eigenvalue weighted by Gasteiger charge is 2.29. The summed E-state index contributed by atoms with van der Waals surface area (Å²) < 4.78 is 32.5. The topological polar surface area (TPSA) is 178 Å². The maximum Gasteiger partial charge on any atom is 0.323 e. The number of ether oxygens (including phenoxy) is 1. The van der Waals surface area contributed by atoms with Crippen molar-refractivity contribution in [2.75, 3.05) is 19.5 Å². The lowest BCUT2D eigenvalue weighted by Crippen LogP contribution is -2.26. The van der Waals surface area contributed by atoms with E-state index in [-0.39, 0.29) is 39.8 Å². The molecule has 13 heteroatoms. The van der Waals surface area contributed by atoms with E-state index in [2.05, 4.69) is 30.2 Å². The number of azo groups is 1. The molecule has 4 aromatic rings. The van der Waals surface area contributed by atoms with Gasteiger partial charge in [-0.1, -0.05) is 31.2 Å². The normalized spacial score (nSPS) is 16.1. The number of rotatable bonds is 7. The molecule has 1 aliphatic rings. The Labute approximate surface area is 228 Å². The van der Waals surface area contributed by atoms with Crippen molar-refractivity contribution in [3.63, 3.8) is 0 Å². The van der Waals surface area contributed by atoms with Crippen LogP contribution in [0.5, 0.6) is 5.75 Å². The summed E-state index contributed by atoms with van der Waals surface area (Å²) in [7, 11) is -0.931. The van der Waals surface area contributed by atoms with Crippen molar-refractivity contribution in [2.45, 2.75) is 13.3 Å². The number of sulfonamides is 1. The fourth-order valence-electron chi connectivity index (χ4n) is 4.58. The molecule has 0 saturated carbocycles. The quantitative estimate of drug-likeness (QED) is 0.209. The highest BCUT2D eigenvalue weighted by Crippen LogP contribution is 2.40. The third kappa shape index (κ3) is 4.99. The fourth-order valence-corrected chi connectivity index (χ4v) is 5.69. The van der Waals surface area contributed by atoms with E-state index in [1.54, 1.807) is 55.5 Å². The first-order valence-electron chi connectivity index (χ1n) is 12.2. The predicted molar refractivity (Wildman–Crippen MR) is 151 cm³/mol. The minimum Gasteiger partial charge on any atom is -0.505 e. The molecule has 0 fully saturated rings. The second-order valence-corrected chi connectivity index (χ2v) is 11.1. The molecule has 0 saturated heterocycles. The van der Waals surface area contributed by atoms with Gasteiger partial charge in [0.15, 0.2) is 5.75 Å². The fraction of sp³-hybridized carbons (Fsp3) is 0.185. The summed E-state index contributed by atoms with van der Waals surface area (Å²) in [5, 5.41) is 23.8. The van der Waals surface area contributed by atoms with Gasteiger partial charge in [-0.25, -0.2) is 17.9 Å². The SMILES string of the molecule is CNS(=O)(=O)C1=CC(OC)=C(N=Nc2c(O)c(C(=O)Nc3ccc4[nH]c(=O)[nH]c4c3)cc3ccccc23)CC1C. The van der Waals surface area contributed by atoms with Crippen LogP contribution in [0.15, 0.2) is 86.0 Å². The summed E-state index contributed by atoms with van der Waals surface area (Å²) >= 11 is 0. The molecule has 206 valence electrons. The molecule has 5 N–H and O–H groups in total. The third-order valence-electron chi connectivity index (χ3n) is 6.63. The predicted octanol–water partition coefficient (Wildman–Crippen LogP) is 4.38. The number of imidazole rings is 1. The Morgan fingerprint density at radius 2 is 1.85 bits per heavy atom. The summed E-state index contributed by atoms with van der Waals surface area (Å²) in [5.74, 6) is -1.15. The number of aromatic nitrogens is 2. The van der Waals surface area contributed by atoms with Crippen molar-refractivity contribution in [1.29, 1.82) is 0 Å². The number of phenols is 1. The monoisotopic (exact) mass is 562 g/mol. The summed E-state index contributed by atoms with van der Waals surface area (Å²) in [5.41, 5.74) is 1.58. The molecule has 1 aromatic heterocycles. The number of H-pyrrole nitrogens is 2. The molecule has 0 bridgehead atoms. The average molecular weight is 563 g/mol. The smallest absolute Gasteiger partial charge is 0.323 e. The highest BCUT2D eigenvalue weighted by atomic mass is 32.2. The van der Waals surface area contributed by atoms with Crippen LogP contribution in [0.4, 0.5) is 11.4 Å². The van der Waals surface area contributed by atoms with Crippen LogP contribution in [0, 0.1) is 5.92 Å². The van der Waals surface area contributed by atoms with Crippen LogP contribution in [0.2, 0.25) is 0 Å². The largest absolute Gasteiger partial charge is 0.505 e. The van der Waals surface area contributed by atoms with E-state index in [1.807, 2.05) is 0 Å². The molecule has 1 unspecified atom stereocenters. The van der Waals surface area contributed by atoms with Gasteiger partial charge in [0.1, 0.15) is 17.1 Å². The number of nitrogens with zero attached hydrogens (tertiary/aromatic N) is 2. The Hall–Kier alpha value is -4.75. The molecular formula is C27H26N6O6S. The first-order valence-corrected chi connectivity index (χ1v) is 13.7. The van der Waals surface area contributed by atoms with E-state index < -0.39 is 21.8 Å². The van der Waals surface area contributed by atoms with Gasteiger partial charge in [-0.05, 0) is 48.7 Å². The van der Waals surface area contributed by atoms with E-state index in [0.29, 0.717) is 33.2 Å². The third-order valence-corrected chi connectivity index (χ3v) is 8.30. The van der Waals surface area contributed by atoms with Crippen LogP contribution in [-0.2, 0) is 14.8 Å². The summed E-state index contributed by atoms with van der Waals surface area (Å²) in [4.78, 5) is 30.3. The number of carbonyl (C=O) groups is 1. The second-order valence-electron chi connectivity index (χ2n) is 9.21. The van der Waals surface area contributed by atoms with Crippen molar-refractivity contribution >= 4 is 49.1 Å². The number of nitrogens with one attached hydrogen (secondary N) is 4. The molecule has 1 amide bonds. The summed E-state index contributed by atoms with van der Waals surface area (Å²) in [6.07, 6.45) is 1.63. The molecule has 1 atom stereocenters. The van der Waals surface area contributed by atoms with Gasteiger partial charge >= 0.3 is 5.69 Å². The number of allylic oxidation sites excluding steroid dienone is 3. The lowest BCUT2D eigenvalue weighted by molar-refractivity contribution is 0.102. The van der Waals surface area contributed by atoms with Gasteiger partial charge in [0, 0.05) is 17.5 Å². The maximum absolute atomic E-state index is 13.3. The molecule has 0 aliphatic heterocycles. The van der Waals surface area contributed by atoms with Gasteiger partial charge < -0.3 is 25.1 Å². The van der Waals surface area contributed by atoms with E-state index >= 15 is 0 Å². The molecule has 0 radical (unpaired) electrons. The van der Waals surface area contributed by atoms with Gasteiger partial charge in [-0.15, -0.1) is 5.11 Å².